The smallest absolute Gasteiger partial charge is 0.191 e. The van der Waals surface area contributed by atoms with E-state index in [1.807, 2.05) is 13.8 Å². The predicted molar refractivity (Wildman–Crippen MR) is 106 cm³/mol. The maximum Gasteiger partial charge on any atom is 0.191 e. The number of rotatable bonds is 6. The number of hydrogen-bond acceptors (Lipinski definition) is 3. The lowest BCUT2D eigenvalue weighted by atomic mass is 10.1. The van der Waals surface area contributed by atoms with Gasteiger partial charge in [0.1, 0.15) is 0 Å². The Morgan fingerprint density at radius 2 is 2.08 bits per heavy atom. The summed E-state index contributed by atoms with van der Waals surface area (Å²) in [5.74, 6) is 0.854. The van der Waals surface area contributed by atoms with Crippen molar-refractivity contribution >= 4 is 28.2 Å². The highest BCUT2D eigenvalue weighted by molar-refractivity contribution is 7.11. The molecule has 5 nitrogen and oxygen atoms in total. The maximum atomic E-state index is 4.70. The third-order valence-electron chi connectivity index (χ3n) is 4.09. The lowest BCUT2D eigenvalue weighted by Gasteiger charge is -2.11. The van der Waals surface area contributed by atoms with Gasteiger partial charge < -0.3 is 15.6 Å². The van der Waals surface area contributed by atoms with Gasteiger partial charge in [0.25, 0.3) is 0 Å². The number of fused-ring (bicyclic) bond motifs is 1. The van der Waals surface area contributed by atoms with Crippen LogP contribution in [-0.2, 0) is 13.0 Å². The monoisotopic (exact) mass is 355 g/mol. The molecule has 0 fully saturated rings. The standard InChI is InChI=1S/C19H25N5S/c1-4-20-19(23-12-18-13(2)24-14(3)25-18)21-10-9-15-11-22-17-8-6-5-7-16(15)17/h5-8,11,22H,4,9-10,12H2,1-3H3,(H2,20,21,23). The van der Waals surface area contributed by atoms with Crippen molar-refractivity contribution in [1.29, 1.82) is 0 Å². The highest BCUT2D eigenvalue weighted by Gasteiger charge is 2.06. The van der Waals surface area contributed by atoms with Gasteiger partial charge in [-0.05, 0) is 38.8 Å². The van der Waals surface area contributed by atoms with Crippen molar-refractivity contribution in [2.75, 3.05) is 13.1 Å². The molecule has 6 heteroatoms. The van der Waals surface area contributed by atoms with E-state index in [4.69, 9.17) is 4.99 Å². The number of hydrogen-bond donors (Lipinski definition) is 3. The van der Waals surface area contributed by atoms with Crippen molar-refractivity contribution in [1.82, 2.24) is 20.6 Å². The minimum atomic E-state index is 0.666. The van der Waals surface area contributed by atoms with E-state index >= 15 is 0 Å². The molecule has 0 amide bonds. The van der Waals surface area contributed by atoms with Crippen molar-refractivity contribution in [2.45, 2.75) is 33.7 Å². The van der Waals surface area contributed by atoms with Gasteiger partial charge in [-0.15, -0.1) is 11.3 Å². The predicted octanol–water partition coefficient (Wildman–Crippen LogP) is 3.54. The molecular formula is C19H25N5S. The Balaban J connectivity index is 1.60. The Hall–Kier alpha value is -2.34. The molecule has 0 bridgehead atoms. The second-order valence-electron chi connectivity index (χ2n) is 5.97. The third-order valence-corrected chi connectivity index (χ3v) is 5.14. The van der Waals surface area contributed by atoms with Crippen molar-refractivity contribution < 1.29 is 0 Å². The van der Waals surface area contributed by atoms with E-state index in [0.717, 1.165) is 36.2 Å². The van der Waals surface area contributed by atoms with Crippen LogP contribution in [0.5, 0.6) is 0 Å². The van der Waals surface area contributed by atoms with Crippen LogP contribution in [0.4, 0.5) is 0 Å². The normalized spacial score (nSPS) is 11.9. The molecule has 0 radical (unpaired) electrons. The summed E-state index contributed by atoms with van der Waals surface area (Å²) >= 11 is 1.72. The molecule has 3 rings (SSSR count). The van der Waals surface area contributed by atoms with E-state index in [1.54, 1.807) is 11.3 Å². The van der Waals surface area contributed by atoms with Crippen LogP contribution in [-0.4, -0.2) is 29.0 Å². The van der Waals surface area contributed by atoms with E-state index in [2.05, 4.69) is 58.0 Å². The van der Waals surface area contributed by atoms with Crippen LogP contribution in [0.1, 0.15) is 28.1 Å². The van der Waals surface area contributed by atoms with Gasteiger partial charge in [-0.3, -0.25) is 0 Å². The molecule has 0 aliphatic rings. The van der Waals surface area contributed by atoms with Gasteiger partial charge in [-0.1, -0.05) is 18.2 Å². The van der Waals surface area contributed by atoms with E-state index in [-0.39, 0.29) is 0 Å². The first-order valence-corrected chi connectivity index (χ1v) is 9.49. The van der Waals surface area contributed by atoms with Crippen LogP contribution in [0.3, 0.4) is 0 Å². The van der Waals surface area contributed by atoms with Crippen molar-refractivity contribution in [3.8, 4) is 0 Å². The fraction of sp³-hybridized carbons (Fsp3) is 0.368. The minimum absolute atomic E-state index is 0.666. The molecule has 0 aliphatic heterocycles. The average molecular weight is 356 g/mol. The van der Waals surface area contributed by atoms with E-state index in [1.165, 1.54) is 21.3 Å². The maximum absolute atomic E-state index is 4.70. The van der Waals surface area contributed by atoms with Crippen LogP contribution in [0, 0.1) is 13.8 Å². The summed E-state index contributed by atoms with van der Waals surface area (Å²) in [6.45, 7) is 8.52. The largest absolute Gasteiger partial charge is 0.361 e. The quantitative estimate of drug-likeness (QED) is 0.468. The topological polar surface area (TPSA) is 65.1 Å². The highest BCUT2D eigenvalue weighted by atomic mass is 32.1. The van der Waals surface area contributed by atoms with Crippen molar-refractivity contribution in [3.05, 3.63) is 51.6 Å². The van der Waals surface area contributed by atoms with E-state index < -0.39 is 0 Å². The molecule has 0 unspecified atom stereocenters. The molecule has 2 heterocycles. The number of para-hydroxylation sites is 1. The zero-order chi connectivity index (χ0) is 17.6. The van der Waals surface area contributed by atoms with Crippen LogP contribution in [0.2, 0.25) is 0 Å². The first-order valence-electron chi connectivity index (χ1n) is 8.67. The molecule has 0 spiro atoms. The van der Waals surface area contributed by atoms with Gasteiger partial charge in [0, 0.05) is 35.1 Å². The van der Waals surface area contributed by atoms with Crippen molar-refractivity contribution in [2.24, 2.45) is 4.99 Å². The van der Waals surface area contributed by atoms with E-state index in [0.29, 0.717) is 6.54 Å². The molecule has 0 atom stereocenters. The lowest BCUT2D eigenvalue weighted by Crippen LogP contribution is -2.38. The number of thiazole rings is 1. The number of nitrogens with zero attached hydrogens (tertiary/aromatic N) is 2. The Bertz CT molecular complexity index is 862. The summed E-state index contributed by atoms with van der Waals surface area (Å²) in [6.07, 6.45) is 3.05. The van der Waals surface area contributed by atoms with Gasteiger partial charge in [0.15, 0.2) is 5.96 Å². The average Bonchev–Trinajstić information content (AvgIpc) is 3.15. The molecule has 2 aromatic heterocycles. The number of benzene rings is 1. The molecule has 132 valence electrons. The number of nitrogens with one attached hydrogen (secondary N) is 3. The molecule has 3 N–H and O–H groups in total. The highest BCUT2D eigenvalue weighted by Crippen LogP contribution is 2.18. The second kappa shape index (κ2) is 8.16. The SMILES string of the molecule is CCNC(=NCc1sc(C)nc1C)NCCc1c[nH]c2ccccc12. The van der Waals surface area contributed by atoms with Gasteiger partial charge in [-0.25, -0.2) is 9.98 Å². The zero-order valence-electron chi connectivity index (χ0n) is 15.0. The molecule has 3 aromatic rings. The van der Waals surface area contributed by atoms with Gasteiger partial charge in [-0.2, -0.15) is 0 Å². The Morgan fingerprint density at radius 3 is 2.84 bits per heavy atom. The van der Waals surface area contributed by atoms with Gasteiger partial charge in [0.2, 0.25) is 0 Å². The summed E-state index contributed by atoms with van der Waals surface area (Å²) in [5, 5.41) is 9.13. The van der Waals surface area contributed by atoms with E-state index in [9.17, 15) is 0 Å². The molecule has 0 aliphatic carbocycles. The first kappa shape index (κ1) is 17.5. The van der Waals surface area contributed by atoms with Crippen LogP contribution >= 0.6 is 11.3 Å². The lowest BCUT2D eigenvalue weighted by molar-refractivity contribution is 0.802. The summed E-state index contributed by atoms with van der Waals surface area (Å²) in [5.41, 5.74) is 3.60. The number of H-pyrrole nitrogens is 1. The van der Waals surface area contributed by atoms with Crippen molar-refractivity contribution in [3.63, 3.8) is 0 Å². The first-order chi connectivity index (χ1) is 12.2. The third kappa shape index (κ3) is 4.39. The Morgan fingerprint density at radius 1 is 1.24 bits per heavy atom. The number of aromatic amines is 1. The number of aryl methyl sites for hydroxylation is 2. The Labute approximate surface area is 152 Å². The summed E-state index contributed by atoms with van der Waals surface area (Å²) < 4.78 is 0. The molecule has 0 saturated heterocycles. The summed E-state index contributed by atoms with van der Waals surface area (Å²) in [6, 6.07) is 8.41. The minimum Gasteiger partial charge on any atom is -0.361 e. The van der Waals surface area contributed by atoms with Crippen LogP contribution in [0.25, 0.3) is 10.9 Å². The summed E-state index contributed by atoms with van der Waals surface area (Å²) in [7, 11) is 0. The fourth-order valence-corrected chi connectivity index (χ4v) is 3.73. The fourth-order valence-electron chi connectivity index (χ4n) is 2.87. The number of aliphatic imine (C=N–C) groups is 1. The summed E-state index contributed by atoms with van der Waals surface area (Å²) in [4.78, 5) is 13.7. The van der Waals surface area contributed by atoms with Gasteiger partial charge >= 0.3 is 0 Å². The zero-order valence-corrected chi connectivity index (χ0v) is 15.8. The molecule has 25 heavy (non-hydrogen) atoms. The Kier molecular flexibility index (Phi) is 5.71. The molecule has 0 saturated carbocycles. The van der Waals surface area contributed by atoms with Crippen LogP contribution < -0.4 is 10.6 Å². The second-order valence-corrected chi connectivity index (χ2v) is 7.26. The van der Waals surface area contributed by atoms with Gasteiger partial charge in [0.05, 0.1) is 17.2 Å². The molecular weight excluding hydrogens is 330 g/mol. The number of aromatic nitrogens is 2. The van der Waals surface area contributed by atoms with Crippen LogP contribution in [0.15, 0.2) is 35.5 Å². The number of guanidine groups is 1. The molecule has 1 aromatic carbocycles.